The van der Waals surface area contributed by atoms with Crippen molar-refractivity contribution in [3.8, 4) is 0 Å². The number of hydrogen-bond donors (Lipinski definition) is 0. The van der Waals surface area contributed by atoms with Gasteiger partial charge in [0.2, 0.25) is 0 Å². The van der Waals surface area contributed by atoms with Crippen LogP contribution in [0.3, 0.4) is 0 Å². The highest BCUT2D eigenvalue weighted by molar-refractivity contribution is 5.28. The normalized spacial score (nSPS) is 35.9. The van der Waals surface area contributed by atoms with Crippen LogP contribution in [0.5, 0.6) is 0 Å². The molecule has 0 N–H and O–H groups in total. The van der Waals surface area contributed by atoms with Crippen molar-refractivity contribution >= 4 is 0 Å². The fourth-order valence-electron chi connectivity index (χ4n) is 3.29. The zero-order valence-electron chi connectivity index (χ0n) is 10.6. The van der Waals surface area contributed by atoms with Gasteiger partial charge in [-0.2, -0.15) is 0 Å². The van der Waals surface area contributed by atoms with Gasteiger partial charge in [0.15, 0.2) is 0 Å². The number of allylic oxidation sites excluding steroid dienone is 4. The van der Waals surface area contributed by atoms with Gasteiger partial charge in [0, 0.05) is 0 Å². The lowest BCUT2D eigenvalue weighted by molar-refractivity contribution is 0.410. The predicted molar refractivity (Wildman–Crippen MR) is 66.7 cm³/mol. The molecule has 2 aliphatic rings. The monoisotopic (exact) mass is 204 g/mol. The molecule has 2 aliphatic carbocycles. The van der Waals surface area contributed by atoms with Gasteiger partial charge >= 0.3 is 0 Å². The van der Waals surface area contributed by atoms with E-state index in [0.717, 1.165) is 11.8 Å². The summed E-state index contributed by atoms with van der Waals surface area (Å²) in [4.78, 5) is 0. The van der Waals surface area contributed by atoms with Crippen LogP contribution < -0.4 is 0 Å². The first kappa shape index (κ1) is 11.0. The second kappa shape index (κ2) is 3.81. The summed E-state index contributed by atoms with van der Waals surface area (Å²) in [5.74, 6) is 1.67. The molecular weight excluding hydrogens is 180 g/mol. The minimum Gasteiger partial charge on any atom is -0.0844 e. The molecule has 0 aromatic rings. The number of fused-ring (bicyclic) bond motifs is 1. The van der Waals surface area contributed by atoms with Crippen molar-refractivity contribution in [1.29, 1.82) is 0 Å². The minimum absolute atomic E-state index is 0.493. The third-order valence-corrected chi connectivity index (χ3v) is 4.45. The molecule has 0 heterocycles. The molecule has 0 bridgehead atoms. The Morgan fingerprint density at radius 2 is 2.07 bits per heavy atom. The van der Waals surface area contributed by atoms with E-state index in [1.807, 2.05) is 0 Å². The van der Waals surface area contributed by atoms with E-state index in [4.69, 9.17) is 0 Å². The molecule has 0 aromatic heterocycles. The first-order valence-electron chi connectivity index (χ1n) is 6.39. The van der Waals surface area contributed by atoms with Crippen LogP contribution in [-0.2, 0) is 0 Å². The van der Waals surface area contributed by atoms with Crippen LogP contribution in [0.15, 0.2) is 23.3 Å². The summed E-state index contributed by atoms with van der Waals surface area (Å²) in [6, 6.07) is 0. The highest BCUT2D eigenvalue weighted by atomic mass is 14.4. The van der Waals surface area contributed by atoms with E-state index in [-0.39, 0.29) is 0 Å². The van der Waals surface area contributed by atoms with Gasteiger partial charge in [-0.05, 0) is 49.9 Å². The van der Waals surface area contributed by atoms with Gasteiger partial charge < -0.3 is 0 Å². The van der Waals surface area contributed by atoms with Crippen molar-refractivity contribution in [2.24, 2.45) is 17.3 Å². The zero-order valence-corrected chi connectivity index (χ0v) is 10.6. The summed E-state index contributed by atoms with van der Waals surface area (Å²) in [6.07, 6.45) is 10.3. The second-order valence-electron chi connectivity index (χ2n) is 6.07. The Morgan fingerprint density at radius 1 is 1.33 bits per heavy atom. The molecule has 1 saturated carbocycles. The van der Waals surface area contributed by atoms with Gasteiger partial charge in [0.1, 0.15) is 0 Å². The van der Waals surface area contributed by atoms with E-state index in [1.165, 1.54) is 25.7 Å². The van der Waals surface area contributed by atoms with E-state index >= 15 is 0 Å². The van der Waals surface area contributed by atoms with Crippen molar-refractivity contribution < 1.29 is 0 Å². The number of rotatable bonds is 1. The van der Waals surface area contributed by atoms with Crippen molar-refractivity contribution in [3.63, 3.8) is 0 Å². The molecule has 0 aromatic carbocycles. The lowest BCUT2D eigenvalue weighted by Gasteiger charge is -2.27. The molecule has 1 fully saturated rings. The van der Waals surface area contributed by atoms with E-state index in [2.05, 4.69) is 39.8 Å². The summed E-state index contributed by atoms with van der Waals surface area (Å²) >= 11 is 0. The lowest BCUT2D eigenvalue weighted by atomic mass is 9.78. The highest BCUT2D eigenvalue weighted by Crippen LogP contribution is 2.52. The van der Waals surface area contributed by atoms with Crippen molar-refractivity contribution in [2.75, 3.05) is 0 Å². The largest absolute Gasteiger partial charge is 0.0844 e. The first-order valence-corrected chi connectivity index (χ1v) is 6.39. The van der Waals surface area contributed by atoms with Gasteiger partial charge in [-0.3, -0.25) is 0 Å². The summed E-state index contributed by atoms with van der Waals surface area (Å²) in [7, 11) is 0. The van der Waals surface area contributed by atoms with Gasteiger partial charge in [-0.15, -0.1) is 0 Å². The summed E-state index contributed by atoms with van der Waals surface area (Å²) < 4.78 is 0. The van der Waals surface area contributed by atoms with Crippen LogP contribution in [0, 0.1) is 17.3 Å². The van der Waals surface area contributed by atoms with E-state index in [9.17, 15) is 0 Å². The fourth-order valence-corrected chi connectivity index (χ4v) is 3.29. The Hall–Kier alpha value is -0.520. The maximum atomic E-state index is 2.54. The summed E-state index contributed by atoms with van der Waals surface area (Å²) in [5.41, 5.74) is 3.82. The maximum absolute atomic E-state index is 2.54. The quantitative estimate of drug-likeness (QED) is 0.542. The molecule has 2 atom stereocenters. The average Bonchev–Trinajstić information content (AvgIpc) is 2.43. The Bertz CT molecular complexity index is 306. The van der Waals surface area contributed by atoms with E-state index in [0.29, 0.717) is 5.41 Å². The van der Waals surface area contributed by atoms with Gasteiger partial charge in [0.05, 0.1) is 0 Å². The lowest BCUT2D eigenvalue weighted by Crippen LogP contribution is -2.16. The summed E-state index contributed by atoms with van der Waals surface area (Å²) in [5, 5.41) is 0. The Morgan fingerprint density at radius 3 is 2.73 bits per heavy atom. The highest BCUT2D eigenvalue weighted by Gasteiger charge is 2.40. The van der Waals surface area contributed by atoms with Crippen LogP contribution in [0.4, 0.5) is 0 Å². The third kappa shape index (κ3) is 1.91. The molecule has 0 radical (unpaired) electrons. The molecule has 0 amide bonds. The second-order valence-corrected chi connectivity index (χ2v) is 6.07. The average molecular weight is 204 g/mol. The molecule has 0 nitrogen and oxygen atoms in total. The topological polar surface area (TPSA) is 0 Å². The SMILES string of the molecule is CC1=CC[C@@]2(C)CC[C@H](C(C)C)C2=CC1. The van der Waals surface area contributed by atoms with Crippen LogP contribution in [-0.4, -0.2) is 0 Å². The zero-order chi connectivity index (χ0) is 11.1. The number of hydrogen-bond acceptors (Lipinski definition) is 0. The van der Waals surface area contributed by atoms with Crippen LogP contribution >= 0.6 is 0 Å². The predicted octanol–water partition coefficient (Wildman–Crippen LogP) is 4.73. The van der Waals surface area contributed by atoms with E-state index < -0.39 is 0 Å². The minimum atomic E-state index is 0.493. The Labute approximate surface area is 94.5 Å². The molecular formula is C15H24. The molecule has 0 heteroatoms. The van der Waals surface area contributed by atoms with Crippen molar-refractivity contribution in [1.82, 2.24) is 0 Å². The maximum Gasteiger partial charge on any atom is -0.00786 e. The summed E-state index contributed by atoms with van der Waals surface area (Å²) in [6.45, 7) is 9.49. The molecule has 0 spiro atoms. The third-order valence-electron chi connectivity index (χ3n) is 4.45. The molecule has 84 valence electrons. The van der Waals surface area contributed by atoms with Crippen LogP contribution in [0.1, 0.15) is 53.4 Å². The van der Waals surface area contributed by atoms with E-state index in [1.54, 1.807) is 11.1 Å². The van der Waals surface area contributed by atoms with Crippen molar-refractivity contribution in [3.05, 3.63) is 23.3 Å². The molecule has 0 unspecified atom stereocenters. The van der Waals surface area contributed by atoms with Gasteiger partial charge in [0.25, 0.3) is 0 Å². The first-order chi connectivity index (χ1) is 7.03. The standard InChI is InChI=1S/C15H24/c1-11(2)13-8-10-15(4)9-7-12(3)5-6-14(13)15/h6-7,11,13H,5,8-10H2,1-4H3/t13-,15+/m1/s1. The molecule has 15 heavy (non-hydrogen) atoms. The van der Waals surface area contributed by atoms with Crippen LogP contribution in [0.25, 0.3) is 0 Å². The molecule has 2 rings (SSSR count). The fraction of sp³-hybridized carbons (Fsp3) is 0.733. The van der Waals surface area contributed by atoms with Crippen LogP contribution in [0.2, 0.25) is 0 Å². The molecule has 0 saturated heterocycles. The molecule has 0 aliphatic heterocycles. The Kier molecular flexibility index (Phi) is 2.79. The Balaban J connectivity index is 2.30. The van der Waals surface area contributed by atoms with Gasteiger partial charge in [-0.25, -0.2) is 0 Å². The smallest absolute Gasteiger partial charge is 0.00786 e. The van der Waals surface area contributed by atoms with Crippen molar-refractivity contribution in [2.45, 2.75) is 53.4 Å². The van der Waals surface area contributed by atoms with Gasteiger partial charge in [-0.1, -0.05) is 44.1 Å².